The maximum atomic E-state index is 6.32. The number of pyridine rings is 1. The van der Waals surface area contributed by atoms with Crippen molar-refractivity contribution in [2.24, 2.45) is 11.7 Å². The van der Waals surface area contributed by atoms with E-state index in [1.807, 2.05) is 30.3 Å². The summed E-state index contributed by atoms with van der Waals surface area (Å²) < 4.78 is 11.5. The van der Waals surface area contributed by atoms with E-state index in [0.29, 0.717) is 35.7 Å². The normalized spacial score (nSPS) is 11.1. The Balaban J connectivity index is 1.76. The van der Waals surface area contributed by atoms with Crippen LogP contribution < -0.4 is 15.2 Å². The average Bonchev–Trinajstić information content (AvgIpc) is 2.62. The van der Waals surface area contributed by atoms with E-state index in [0.717, 1.165) is 23.1 Å². The zero-order valence-corrected chi connectivity index (χ0v) is 15.8. The van der Waals surface area contributed by atoms with E-state index >= 15 is 0 Å². The minimum absolute atomic E-state index is 0.455. The van der Waals surface area contributed by atoms with E-state index in [9.17, 15) is 0 Å². The minimum atomic E-state index is 0.455. The molecule has 0 unspecified atom stereocenters. The number of hydrogen-bond acceptors (Lipinski definition) is 4. The summed E-state index contributed by atoms with van der Waals surface area (Å²) in [6.07, 6.45) is 0.856. The van der Waals surface area contributed by atoms with Crippen molar-refractivity contribution in [3.8, 4) is 17.4 Å². The fraction of sp³-hybridized carbons (Fsp3) is 0.286. The third-order valence-corrected chi connectivity index (χ3v) is 4.16. The van der Waals surface area contributed by atoms with Crippen molar-refractivity contribution in [3.05, 3.63) is 59.1 Å². The predicted octanol–water partition coefficient (Wildman–Crippen LogP) is 5.22. The summed E-state index contributed by atoms with van der Waals surface area (Å²) in [5.74, 6) is 2.24. The molecule has 0 bridgehead atoms. The van der Waals surface area contributed by atoms with Gasteiger partial charge in [0.15, 0.2) is 0 Å². The molecule has 5 heteroatoms. The molecule has 0 atom stereocenters. The summed E-state index contributed by atoms with van der Waals surface area (Å²) in [6.45, 7) is 5.48. The van der Waals surface area contributed by atoms with E-state index in [2.05, 4.69) is 24.9 Å². The first kappa shape index (κ1) is 18.5. The van der Waals surface area contributed by atoms with Gasteiger partial charge in [0, 0.05) is 17.5 Å². The zero-order chi connectivity index (χ0) is 18.5. The number of halogens is 1. The van der Waals surface area contributed by atoms with Crippen LogP contribution in [0.3, 0.4) is 0 Å². The average molecular weight is 371 g/mol. The van der Waals surface area contributed by atoms with Crippen LogP contribution in [0.2, 0.25) is 5.02 Å². The molecule has 4 nitrogen and oxygen atoms in total. The first-order valence-corrected chi connectivity index (χ1v) is 9.13. The van der Waals surface area contributed by atoms with Crippen molar-refractivity contribution in [3.63, 3.8) is 0 Å². The molecule has 0 spiro atoms. The zero-order valence-electron chi connectivity index (χ0n) is 15.0. The van der Waals surface area contributed by atoms with Crippen LogP contribution >= 0.6 is 11.6 Å². The SMILES string of the molecule is CC(C)COc1ccc(Oc2ccc3cc(CCN)ccc3n2)c(Cl)c1. The molecular formula is C21H23ClN2O2. The van der Waals surface area contributed by atoms with Crippen LogP contribution in [-0.2, 0) is 6.42 Å². The lowest BCUT2D eigenvalue weighted by Crippen LogP contribution is -2.04. The van der Waals surface area contributed by atoms with Gasteiger partial charge in [-0.15, -0.1) is 0 Å². The number of nitrogens with two attached hydrogens (primary N) is 1. The molecule has 136 valence electrons. The van der Waals surface area contributed by atoms with Gasteiger partial charge in [0.2, 0.25) is 5.88 Å². The van der Waals surface area contributed by atoms with E-state index in [-0.39, 0.29) is 0 Å². The summed E-state index contributed by atoms with van der Waals surface area (Å²) in [6, 6.07) is 15.4. The van der Waals surface area contributed by atoms with Crippen molar-refractivity contribution in [2.45, 2.75) is 20.3 Å². The van der Waals surface area contributed by atoms with Crippen LogP contribution in [0.15, 0.2) is 48.5 Å². The molecule has 1 heterocycles. The van der Waals surface area contributed by atoms with Gasteiger partial charge in [-0.05, 0) is 54.8 Å². The van der Waals surface area contributed by atoms with Crippen LogP contribution in [0, 0.1) is 5.92 Å². The van der Waals surface area contributed by atoms with Crippen molar-refractivity contribution < 1.29 is 9.47 Å². The third-order valence-electron chi connectivity index (χ3n) is 3.86. The number of aromatic nitrogens is 1. The van der Waals surface area contributed by atoms with Gasteiger partial charge in [-0.3, -0.25) is 0 Å². The molecule has 1 aromatic heterocycles. The molecule has 0 saturated heterocycles. The van der Waals surface area contributed by atoms with Crippen molar-refractivity contribution in [1.29, 1.82) is 0 Å². The highest BCUT2D eigenvalue weighted by atomic mass is 35.5. The highest BCUT2D eigenvalue weighted by Gasteiger charge is 2.08. The summed E-state index contributed by atoms with van der Waals surface area (Å²) in [7, 11) is 0. The maximum absolute atomic E-state index is 6.32. The number of ether oxygens (including phenoxy) is 2. The van der Waals surface area contributed by atoms with Gasteiger partial charge in [0.05, 0.1) is 17.1 Å². The van der Waals surface area contributed by atoms with Crippen molar-refractivity contribution in [2.75, 3.05) is 13.2 Å². The summed E-state index contributed by atoms with van der Waals surface area (Å²) in [5.41, 5.74) is 7.69. The molecule has 3 rings (SSSR count). The molecule has 0 saturated carbocycles. The van der Waals surface area contributed by atoms with Crippen LogP contribution in [0.5, 0.6) is 17.4 Å². The standard InChI is InChI=1S/C21H23ClN2O2/c1-14(2)13-25-17-5-7-20(18(22)12-17)26-21-8-4-16-11-15(9-10-23)3-6-19(16)24-21/h3-8,11-12,14H,9-10,13,23H2,1-2H3. The number of nitrogens with zero attached hydrogens (tertiary/aromatic N) is 1. The molecule has 0 amide bonds. The topological polar surface area (TPSA) is 57.4 Å². The Morgan fingerprint density at radius 3 is 2.65 bits per heavy atom. The van der Waals surface area contributed by atoms with E-state index in [4.69, 9.17) is 26.8 Å². The predicted molar refractivity (Wildman–Crippen MR) is 106 cm³/mol. The van der Waals surface area contributed by atoms with E-state index in [1.54, 1.807) is 12.1 Å². The lowest BCUT2D eigenvalue weighted by atomic mass is 10.1. The highest BCUT2D eigenvalue weighted by Crippen LogP contribution is 2.32. The smallest absolute Gasteiger partial charge is 0.219 e. The fourth-order valence-corrected chi connectivity index (χ4v) is 2.77. The van der Waals surface area contributed by atoms with Crippen LogP contribution in [0.4, 0.5) is 0 Å². The maximum Gasteiger partial charge on any atom is 0.219 e. The molecule has 0 fully saturated rings. The molecule has 2 N–H and O–H groups in total. The Hall–Kier alpha value is -2.30. The largest absolute Gasteiger partial charge is 0.493 e. The molecule has 0 aliphatic carbocycles. The van der Waals surface area contributed by atoms with Crippen molar-refractivity contribution in [1.82, 2.24) is 4.98 Å². The van der Waals surface area contributed by atoms with Gasteiger partial charge in [-0.2, -0.15) is 0 Å². The molecule has 2 aromatic carbocycles. The quantitative estimate of drug-likeness (QED) is 0.619. The van der Waals surface area contributed by atoms with Gasteiger partial charge in [-0.25, -0.2) is 4.98 Å². The van der Waals surface area contributed by atoms with Gasteiger partial charge >= 0.3 is 0 Å². The fourth-order valence-electron chi connectivity index (χ4n) is 2.57. The molecule has 26 heavy (non-hydrogen) atoms. The van der Waals surface area contributed by atoms with Gasteiger partial charge in [0.1, 0.15) is 11.5 Å². The molecule has 3 aromatic rings. The van der Waals surface area contributed by atoms with Gasteiger partial charge < -0.3 is 15.2 Å². The number of benzene rings is 2. The monoisotopic (exact) mass is 370 g/mol. The van der Waals surface area contributed by atoms with E-state index < -0.39 is 0 Å². The number of rotatable bonds is 7. The molecule has 0 radical (unpaired) electrons. The molecule has 0 aliphatic heterocycles. The molecular weight excluding hydrogens is 348 g/mol. The first-order valence-electron chi connectivity index (χ1n) is 8.75. The second kappa shape index (κ2) is 8.39. The third kappa shape index (κ3) is 4.65. The summed E-state index contributed by atoms with van der Waals surface area (Å²) in [5, 5.41) is 1.55. The Kier molecular flexibility index (Phi) is 5.96. The lowest BCUT2D eigenvalue weighted by molar-refractivity contribution is 0.271. The van der Waals surface area contributed by atoms with Crippen LogP contribution in [0.1, 0.15) is 19.4 Å². The molecule has 0 aliphatic rings. The Morgan fingerprint density at radius 1 is 1.08 bits per heavy atom. The Bertz CT molecular complexity index is 896. The van der Waals surface area contributed by atoms with Crippen molar-refractivity contribution >= 4 is 22.5 Å². The Labute approximate surface area is 158 Å². The Morgan fingerprint density at radius 2 is 1.92 bits per heavy atom. The lowest BCUT2D eigenvalue weighted by Gasteiger charge is -2.11. The minimum Gasteiger partial charge on any atom is -0.493 e. The second-order valence-corrected chi connectivity index (χ2v) is 7.02. The van der Waals surface area contributed by atoms with Gasteiger partial charge in [0.25, 0.3) is 0 Å². The summed E-state index contributed by atoms with van der Waals surface area (Å²) >= 11 is 6.32. The first-order chi connectivity index (χ1) is 12.5. The second-order valence-electron chi connectivity index (χ2n) is 6.61. The number of fused-ring (bicyclic) bond motifs is 1. The van der Waals surface area contributed by atoms with Crippen LogP contribution in [0.25, 0.3) is 10.9 Å². The summed E-state index contributed by atoms with van der Waals surface area (Å²) in [4.78, 5) is 4.55. The highest BCUT2D eigenvalue weighted by molar-refractivity contribution is 6.32. The van der Waals surface area contributed by atoms with E-state index in [1.165, 1.54) is 5.56 Å². The van der Waals surface area contributed by atoms with Crippen LogP contribution in [-0.4, -0.2) is 18.1 Å². The number of hydrogen-bond donors (Lipinski definition) is 1. The van der Waals surface area contributed by atoms with Gasteiger partial charge in [-0.1, -0.05) is 31.5 Å².